The second kappa shape index (κ2) is 9.48. The molecule has 0 saturated carbocycles. The molecule has 0 bridgehead atoms. The maximum Gasteiger partial charge on any atom is 0.435 e. The lowest BCUT2D eigenvalue weighted by Gasteiger charge is -2.22. The predicted octanol–water partition coefficient (Wildman–Crippen LogP) is 3.02. The van der Waals surface area contributed by atoms with E-state index < -0.39 is 11.9 Å². The molecule has 1 aromatic heterocycles. The molecule has 3 rings (SSSR count). The van der Waals surface area contributed by atoms with Crippen molar-refractivity contribution >= 4 is 30.1 Å². The fourth-order valence-corrected chi connectivity index (χ4v) is 3.58. The van der Waals surface area contributed by atoms with Gasteiger partial charge < -0.3 is 10.6 Å². The average Bonchev–Trinajstić information content (AvgIpc) is 3.12. The van der Waals surface area contributed by atoms with Crippen LogP contribution < -0.4 is 10.6 Å². The van der Waals surface area contributed by atoms with Gasteiger partial charge in [-0.3, -0.25) is 4.79 Å². The number of carbonyl (C=O) groups is 1. The Labute approximate surface area is 165 Å². The lowest BCUT2D eigenvalue weighted by atomic mass is 10.2. The summed E-state index contributed by atoms with van der Waals surface area (Å²) in [4.78, 5) is 12.0. The highest BCUT2D eigenvalue weighted by Crippen LogP contribution is 2.27. The zero-order valence-corrected chi connectivity index (χ0v) is 16.0. The normalized spacial score (nSPS) is 17.2. The maximum atomic E-state index is 12.6. The zero-order chi connectivity index (χ0) is 18.6. The van der Waals surface area contributed by atoms with Gasteiger partial charge in [0.1, 0.15) is 0 Å². The van der Waals surface area contributed by atoms with Crippen LogP contribution in [0.2, 0.25) is 0 Å². The van der Waals surface area contributed by atoms with E-state index in [0.717, 1.165) is 29.7 Å². The van der Waals surface area contributed by atoms with Gasteiger partial charge in [0.25, 0.3) is 0 Å². The lowest BCUT2D eigenvalue weighted by molar-refractivity contribution is -0.141. The minimum atomic E-state index is -4.46. The molecule has 27 heavy (non-hydrogen) atoms. The van der Waals surface area contributed by atoms with Crippen molar-refractivity contribution in [3.63, 3.8) is 0 Å². The molecule has 1 fully saturated rings. The molecule has 5 nitrogen and oxygen atoms in total. The van der Waals surface area contributed by atoms with Crippen molar-refractivity contribution in [1.29, 1.82) is 0 Å². The van der Waals surface area contributed by atoms with Crippen LogP contribution in [0.4, 0.5) is 13.2 Å². The van der Waals surface area contributed by atoms with Gasteiger partial charge >= 0.3 is 6.18 Å². The third-order valence-corrected chi connectivity index (χ3v) is 5.13. The third-order valence-electron chi connectivity index (χ3n) is 4.00. The summed E-state index contributed by atoms with van der Waals surface area (Å²) < 4.78 is 39.0. The van der Waals surface area contributed by atoms with E-state index in [-0.39, 0.29) is 24.4 Å². The number of thioether (sulfide) groups is 1. The van der Waals surface area contributed by atoms with Gasteiger partial charge in [-0.1, -0.05) is 12.1 Å². The van der Waals surface area contributed by atoms with E-state index in [1.54, 1.807) is 24.3 Å². The Morgan fingerprint density at radius 3 is 2.63 bits per heavy atom. The molecule has 2 heterocycles. The monoisotopic (exact) mass is 420 g/mol. The molecule has 0 spiro atoms. The number of carbonyl (C=O) groups excluding carboxylic acids is 1. The van der Waals surface area contributed by atoms with Crippen LogP contribution in [0.15, 0.2) is 36.5 Å². The number of aromatic nitrogens is 2. The average molecular weight is 421 g/mol. The van der Waals surface area contributed by atoms with E-state index in [9.17, 15) is 18.0 Å². The number of hydrogen-bond acceptors (Lipinski definition) is 4. The van der Waals surface area contributed by atoms with Crippen LogP contribution in [0.5, 0.6) is 0 Å². The summed E-state index contributed by atoms with van der Waals surface area (Å²) >= 11 is 1.84. The first-order valence-corrected chi connectivity index (χ1v) is 9.37. The molecular formula is C17H20ClF3N4OS. The fourth-order valence-electron chi connectivity index (χ4n) is 2.63. The van der Waals surface area contributed by atoms with Gasteiger partial charge in [0.15, 0.2) is 5.69 Å². The summed E-state index contributed by atoms with van der Waals surface area (Å²) in [6.07, 6.45) is -2.74. The number of alkyl halides is 3. The Bertz CT molecular complexity index is 745. The Kier molecular flexibility index (Phi) is 7.58. The van der Waals surface area contributed by atoms with E-state index in [1.165, 1.54) is 10.9 Å². The Morgan fingerprint density at radius 2 is 2.04 bits per heavy atom. The first-order valence-electron chi connectivity index (χ1n) is 8.22. The van der Waals surface area contributed by atoms with Crippen LogP contribution in [-0.2, 0) is 17.5 Å². The van der Waals surface area contributed by atoms with Crippen molar-refractivity contribution in [3.05, 3.63) is 47.8 Å². The minimum Gasteiger partial charge on any atom is -0.352 e. The van der Waals surface area contributed by atoms with Gasteiger partial charge in [-0.15, -0.1) is 12.4 Å². The van der Waals surface area contributed by atoms with Gasteiger partial charge in [-0.2, -0.15) is 30.0 Å². The summed E-state index contributed by atoms with van der Waals surface area (Å²) in [5.74, 6) is 1.99. The largest absolute Gasteiger partial charge is 0.435 e. The highest BCUT2D eigenvalue weighted by atomic mass is 35.5. The van der Waals surface area contributed by atoms with Crippen LogP contribution in [0.25, 0.3) is 5.69 Å². The first-order chi connectivity index (χ1) is 12.4. The summed E-state index contributed by atoms with van der Waals surface area (Å²) in [6, 6.07) is 8.02. The molecule has 10 heteroatoms. The molecule has 1 aromatic carbocycles. The van der Waals surface area contributed by atoms with Gasteiger partial charge in [0, 0.05) is 43.3 Å². The van der Waals surface area contributed by atoms with Gasteiger partial charge in [0.2, 0.25) is 5.91 Å². The van der Waals surface area contributed by atoms with Crippen molar-refractivity contribution < 1.29 is 18.0 Å². The molecule has 1 atom stereocenters. The molecule has 2 aromatic rings. The summed E-state index contributed by atoms with van der Waals surface area (Å²) in [6.45, 7) is 1.31. The van der Waals surface area contributed by atoms with Crippen LogP contribution in [0.3, 0.4) is 0 Å². The molecule has 0 aliphatic carbocycles. The topological polar surface area (TPSA) is 59.0 Å². The third kappa shape index (κ3) is 6.15. The Morgan fingerprint density at radius 1 is 1.30 bits per heavy atom. The molecule has 1 aliphatic heterocycles. The Balaban J connectivity index is 0.00000261. The van der Waals surface area contributed by atoms with Crippen LogP contribution in [0, 0.1) is 0 Å². The van der Waals surface area contributed by atoms with Crippen LogP contribution in [-0.4, -0.2) is 39.8 Å². The molecule has 1 saturated heterocycles. The lowest BCUT2D eigenvalue weighted by Crippen LogP contribution is -2.41. The number of rotatable bonds is 5. The van der Waals surface area contributed by atoms with Crippen molar-refractivity contribution in [2.24, 2.45) is 0 Å². The summed E-state index contributed by atoms with van der Waals surface area (Å²) in [7, 11) is 0. The second-order valence-corrected chi connectivity index (χ2v) is 7.17. The van der Waals surface area contributed by atoms with Crippen molar-refractivity contribution in [3.8, 4) is 5.69 Å². The molecule has 1 amide bonds. The molecule has 0 radical (unpaired) electrons. The first kappa shape index (κ1) is 21.6. The summed E-state index contributed by atoms with van der Waals surface area (Å²) in [5, 5.41) is 9.72. The van der Waals surface area contributed by atoms with E-state index in [0.29, 0.717) is 18.7 Å². The van der Waals surface area contributed by atoms with Crippen LogP contribution >= 0.6 is 24.2 Å². The molecule has 148 valence electrons. The van der Waals surface area contributed by atoms with E-state index >= 15 is 0 Å². The predicted molar refractivity (Wildman–Crippen MR) is 101 cm³/mol. The highest BCUT2D eigenvalue weighted by Gasteiger charge is 2.33. The number of hydrogen-bond donors (Lipinski definition) is 2. The van der Waals surface area contributed by atoms with E-state index in [4.69, 9.17) is 0 Å². The number of amides is 1. The molecule has 1 unspecified atom stereocenters. The minimum absolute atomic E-state index is 0. The van der Waals surface area contributed by atoms with Crippen molar-refractivity contribution in [1.82, 2.24) is 20.4 Å². The number of nitrogens with zero attached hydrogens (tertiary/aromatic N) is 2. The quantitative estimate of drug-likeness (QED) is 0.780. The number of benzene rings is 1. The standard InChI is InChI=1S/C17H19F3N4OS.ClH/c18-17(19,20)15-5-7-24(23-15)14-3-1-12(2-4-14)10-22-16(25)9-13-11-26-8-6-21-13;/h1-5,7,13,21H,6,8-11H2,(H,22,25);1H. The SMILES string of the molecule is Cl.O=C(CC1CSCCN1)NCc1ccc(-n2ccc(C(F)(F)F)n2)cc1. The fraction of sp³-hybridized carbons (Fsp3) is 0.412. The zero-order valence-electron chi connectivity index (χ0n) is 14.3. The number of halogens is 4. The smallest absolute Gasteiger partial charge is 0.352 e. The van der Waals surface area contributed by atoms with Crippen molar-refractivity contribution in [2.45, 2.75) is 25.2 Å². The molecular weight excluding hydrogens is 401 g/mol. The molecule has 2 N–H and O–H groups in total. The summed E-state index contributed by atoms with van der Waals surface area (Å²) in [5.41, 5.74) is 0.471. The van der Waals surface area contributed by atoms with Crippen LogP contribution in [0.1, 0.15) is 17.7 Å². The van der Waals surface area contributed by atoms with E-state index in [2.05, 4.69) is 15.7 Å². The van der Waals surface area contributed by atoms with Gasteiger partial charge in [-0.25, -0.2) is 4.68 Å². The Hall–Kier alpha value is -1.71. The van der Waals surface area contributed by atoms with Gasteiger partial charge in [0.05, 0.1) is 5.69 Å². The van der Waals surface area contributed by atoms with Crippen molar-refractivity contribution in [2.75, 3.05) is 18.1 Å². The highest BCUT2D eigenvalue weighted by molar-refractivity contribution is 7.99. The van der Waals surface area contributed by atoms with Gasteiger partial charge in [-0.05, 0) is 23.8 Å². The number of nitrogens with one attached hydrogen (secondary N) is 2. The second-order valence-electron chi connectivity index (χ2n) is 6.02. The van der Waals surface area contributed by atoms with E-state index in [1.807, 2.05) is 11.8 Å². The maximum absolute atomic E-state index is 12.6. The molecule has 1 aliphatic rings.